The van der Waals surface area contributed by atoms with Crippen molar-refractivity contribution in [1.82, 2.24) is 9.78 Å². The molecule has 0 amide bonds. The predicted octanol–water partition coefficient (Wildman–Crippen LogP) is 3.78. The summed E-state index contributed by atoms with van der Waals surface area (Å²) in [5.41, 5.74) is 3.59. The van der Waals surface area contributed by atoms with Gasteiger partial charge in [-0.1, -0.05) is 36.4 Å². The Bertz CT molecular complexity index is 856. The summed E-state index contributed by atoms with van der Waals surface area (Å²) in [6.45, 7) is 3.22. The highest BCUT2D eigenvalue weighted by atomic mass is 16.5. The van der Waals surface area contributed by atoms with Crippen LogP contribution in [0.1, 0.15) is 18.1 Å². The number of carboxylic acid groups (broad SMARTS) is 1. The van der Waals surface area contributed by atoms with Crippen molar-refractivity contribution in [2.45, 2.75) is 26.5 Å². The monoisotopic (exact) mass is 336 g/mol. The van der Waals surface area contributed by atoms with E-state index in [0.717, 1.165) is 23.2 Å². The third kappa shape index (κ3) is 4.26. The SMILES string of the molecule is CCn1cc(-c2ccc(OCc3ccccc3)c(CC(=O)O)c2)cn1. The minimum Gasteiger partial charge on any atom is -0.489 e. The Hall–Kier alpha value is -3.08. The van der Waals surface area contributed by atoms with Gasteiger partial charge in [0.05, 0.1) is 12.6 Å². The van der Waals surface area contributed by atoms with E-state index in [2.05, 4.69) is 5.10 Å². The van der Waals surface area contributed by atoms with Crippen LogP contribution in [0.4, 0.5) is 0 Å². The molecule has 0 aliphatic carbocycles. The molecule has 0 fully saturated rings. The molecular formula is C20H20N2O3. The summed E-state index contributed by atoms with van der Waals surface area (Å²) in [6, 6.07) is 15.4. The van der Waals surface area contributed by atoms with Crippen molar-refractivity contribution < 1.29 is 14.6 Å². The minimum absolute atomic E-state index is 0.0835. The highest BCUT2D eigenvalue weighted by Crippen LogP contribution is 2.28. The molecule has 3 rings (SSSR count). The molecular weight excluding hydrogens is 316 g/mol. The number of hydrogen-bond donors (Lipinski definition) is 1. The van der Waals surface area contributed by atoms with E-state index in [1.54, 1.807) is 6.20 Å². The van der Waals surface area contributed by atoms with E-state index in [1.165, 1.54) is 0 Å². The molecule has 128 valence electrons. The zero-order chi connectivity index (χ0) is 17.6. The van der Waals surface area contributed by atoms with Gasteiger partial charge in [-0.15, -0.1) is 0 Å². The summed E-state index contributed by atoms with van der Waals surface area (Å²) in [5.74, 6) is -0.288. The molecule has 0 aliphatic heterocycles. The quantitative estimate of drug-likeness (QED) is 0.713. The molecule has 1 heterocycles. The average Bonchev–Trinajstić information content (AvgIpc) is 3.10. The Morgan fingerprint density at radius 2 is 1.96 bits per heavy atom. The van der Waals surface area contributed by atoms with Crippen LogP contribution in [0.5, 0.6) is 5.75 Å². The lowest BCUT2D eigenvalue weighted by molar-refractivity contribution is -0.136. The van der Waals surface area contributed by atoms with Crippen LogP contribution in [-0.4, -0.2) is 20.9 Å². The molecule has 0 spiro atoms. The molecule has 0 saturated heterocycles. The molecule has 2 aromatic carbocycles. The van der Waals surface area contributed by atoms with Crippen molar-refractivity contribution in [2.75, 3.05) is 0 Å². The predicted molar refractivity (Wildman–Crippen MR) is 95.5 cm³/mol. The molecule has 0 aliphatic rings. The highest BCUT2D eigenvalue weighted by Gasteiger charge is 2.11. The maximum absolute atomic E-state index is 11.2. The number of benzene rings is 2. The van der Waals surface area contributed by atoms with Crippen LogP contribution in [0.15, 0.2) is 60.9 Å². The van der Waals surface area contributed by atoms with Gasteiger partial charge in [-0.3, -0.25) is 9.48 Å². The lowest BCUT2D eigenvalue weighted by Gasteiger charge is -2.12. The van der Waals surface area contributed by atoms with Crippen LogP contribution in [0.2, 0.25) is 0 Å². The first-order chi connectivity index (χ1) is 12.2. The Kier molecular flexibility index (Phi) is 5.14. The first-order valence-electron chi connectivity index (χ1n) is 8.20. The second kappa shape index (κ2) is 7.66. The molecule has 1 aromatic heterocycles. The lowest BCUT2D eigenvalue weighted by Crippen LogP contribution is -2.04. The van der Waals surface area contributed by atoms with Gasteiger partial charge in [0.25, 0.3) is 0 Å². The molecule has 1 N–H and O–H groups in total. The number of aliphatic carboxylic acids is 1. The van der Waals surface area contributed by atoms with Crippen LogP contribution in [0.25, 0.3) is 11.1 Å². The van der Waals surface area contributed by atoms with E-state index >= 15 is 0 Å². The molecule has 5 heteroatoms. The smallest absolute Gasteiger partial charge is 0.307 e. The van der Waals surface area contributed by atoms with E-state index in [4.69, 9.17) is 4.74 Å². The van der Waals surface area contributed by atoms with Gasteiger partial charge in [-0.2, -0.15) is 5.10 Å². The highest BCUT2D eigenvalue weighted by molar-refractivity contribution is 5.73. The fourth-order valence-corrected chi connectivity index (χ4v) is 2.62. The van der Waals surface area contributed by atoms with E-state index < -0.39 is 5.97 Å². The van der Waals surface area contributed by atoms with Crippen LogP contribution in [0.3, 0.4) is 0 Å². The fraction of sp³-hybridized carbons (Fsp3) is 0.200. The van der Waals surface area contributed by atoms with Crippen molar-refractivity contribution in [3.63, 3.8) is 0 Å². The minimum atomic E-state index is -0.883. The Morgan fingerprint density at radius 3 is 2.64 bits per heavy atom. The first-order valence-corrected chi connectivity index (χ1v) is 8.20. The Labute approximate surface area is 146 Å². The normalized spacial score (nSPS) is 10.6. The molecule has 0 radical (unpaired) electrons. The summed E-state index contributed by atoms with van der Waals surface area (Å²) in [7, 11) is 0. The summed E-state index contributed by atoms with van der Waals surface area (Å²) in [4.78, 5) is 11.2. The number of aryl methyl sites for hydroxylation is 1. The van der Waals surface area contributed by atoms with Gasteiger partial charge in [0, 0.05) is 23.9 Å². The van der Waals surface area contributed by atoms with Gasteiger partial charge in [0.2, 0.25) is 0 Å². The number of hydrogen-bond acceptors (Lipinski definition) is 3. The van der Waals surface area contributed by atoms with Crippen molar-refractivity contribution >= 4 is 5.97 Å². The Morgan fingerprint density at radius 1 is 1.16 bits per heavy atom. The summed E-state index contributed by atoms with van der Waals surface area (Å²) in [5, 5.41) is 13.5. The fourth-order valence-electron chi connectivity index (χ4n) is 2.62. The van der Waals surface area contributed by atoms with Crippen molar-refractivity contribution in [3.8, 4) is 16.9 Å². The largest absolute Gasteiger partial charge is 0.489 e. The second-order valence-corrected chi connectivity index (χ2v) is 5.75. The molecule has 0 bridgehead atoms. The third-order valence-corrected chi connectivity index (χ3v) is 3.93. The lowest BCUT2D eigenvalue weighted by atomic mass is 10.0. The molecule has 25 heavy (non-hydrogen) atoms. The summed E-state index contributed by atoms with van der Waals surface area (Å²) >= 11 is 0. The van der Waals surface area contributed by atoms with Crippen molar-refractivity contribution in [3.05, 3.63) is 72.1 Å². The third-order valence-electron chi connectivity index (χ3n) is 3.93. The molecule has 5 nitrogen and oxygen atoms in total. The maximum Gasteiger partial charge on any atom is 0.307 e. The average molecular weight is 336 g/mol. The Balaban J connectivity index is 1.85. The van der Waals surface area contributed by atoms with Gasteiger partial charge >= 0.3 is 5.97 Å². The van der Waals surface area contributed by atoms with Gasteiger partial charge < -0.3 is 9.84 Å². The zero-order valence-corrected chi connectivity index (χ0v) is 14.1. The molecule has 0 unspecified atom stereocenters. The number of carbonyl (C=O) groups is 1. The topological polar surface area (TPSA) is 64.3 Å². The molecule has 3 aromatic rings. The van der Waals surface area contributed by atoms with E-state index in [0.29, 0.717) is 17.9 Å². The van der Waals surface area contributed by atoms with Crippen LogP contribution in [0, 0.1) is 0 Å². The van der Waals surface area contributed by atoms with Gasteiger partial charge in [0.15, 0.2) is 0 Å². The number of ether oxygens (including phenoxy) is 1. The van der Waals surface area contributed by atoms with Gasteiger partial charge in [0.1, 0.15) is 12.4 Å². The van der Waals surface area contributed by atoms with Crippen molar-refractivity contribution in [1.29, 1.82) is 0 Å². The van der Waals surface area contributed by atoms with Crippen molar-refractivity contribution in [2.24, 2.45) is 0 Å². The van der Waals surface area contributed by atoms with Crippen LogP contribution in [-0.2, 0) is 24.4 Å². The number of aromatic nitrogens is 2. The van der Waals surface area contributed by atoms with E-state index in [-0.39, 0.29) is 6.42 Å². The summed E-state index contributed by atoms with van der Waals surface area (Å²) < 4.78 is 7.70. The maximum atomic E-state index is 11.2. The summed E-state index contributed by atoms with van der Waals surface area (Å²) in [6.07, 6.45) is 3.65. The second-order valence-electron chi connectivity index (χ2n) is 5.75. The van der Waals surface area contributed by atoms with Gasteiger partial charge in [-0.25, -0.2) is 0 Å². The number of rotatable bonds is 7. The molecule has 0 atom stereocenters. The first kappa shape index (κ1) is 16.8. The zero-order valence-electron chi connectivity index (χ0n) is 14.1. The van der Waals surface area contributed by atoms with E-state index in [1.807, 2.05) is 66.3 Å². The molecule has 0 saturated carbocycles. The number of carboxylic acids is 1. The van der Waals surface area contributed by atoms with Gasteiger partial charge in [-0.05, 0) is 30.2 Å². The van der Waals surface area contributed by atoms with E-state index in [9.17, 15) is 9.90 Å². The van der Waals surface area contributed by atoms with Crippen LogP contribution < -0.4 is 4.74 Å². The number of nitrogens with zero attached hydrogens (tertiary/aromatic N) is 2. The van der Waals surface area contributed by atoms with Crippen LogP contribution >= 0.6 is 0 Å². The standard InChI is InChI=1S/C20H20N2O3/c1-2-22-13-18(12-21-22)16-8-9-19(17(10-16)11-20(23)24)25-14-15-6-4-3-5-7-15/h3-10,12-13H,2,11,14H2,1H3,(H,23,24).